The summed E-state index contributed by atoms with van der Waals surface area (Å²) in [6.45, 7) is 12.5. The molecule has 0 unspecified atom stereocenters. The third-order valence-electron chi connectivity index (χ3n) is 6.25. The van der Waals surface area contributed by atoms with Crippen molar-refractivity contribution in [2.24, 2.45) is 11.8 Å². The molecule has 0 radical (unpaired) electrons. The minimum absolute atomic E-state index is 0.171. The van der Waals surface area contributed by atoms with Crippen molar-refractivity contribution in [2.75, 3.05) is 39.4 Å². The monoisotopic (exact) mass is 416 g/mol. The molecule has 2 heterocycles. The molecule has 0 spiro atoms. The molecule has 1 aromatic carbocycles. The highest BCUT2D eigenvalue weighted by Gasteiger charge is 2.27. The van der Waals surface area contributed by atoms with E-state index < -0.39 is 5.60 Å². The van der Waals surface area contributed by atoms with Crippen molar-refractivity contribution in [2.45, 2.75) is 65.0 Å². The number of ether oxygens (including phenoxy) is 2. The second kappa shape index (κ2) is 11.1. The normalized spacial score (nSPS) is 19.8. The van der Waals surface area contributed by atoms with Crippen LogP contribution in [0.1, 0.15) is 58.4 Å². The van der Waals surface area contributed by atoms with E-state index in [2.05, 4.69) is 35.2 Å². The van der Waals surface area contributed by atoms with Crippen molar-refractivity contribution in [3.63, 3.8) is 0 Å². The van der Waals surface area contributed by atoms with Crippen LogP contribution in [0.3, 0.4) is 0 Å². The standard InChI is InChI=1S/C25H40N2O3/c1-25(2,3)30-24(28)27-16-11-21(12-17-27)13-18-29-20-23-9-14-26(15-10-23)19-22-7-5-4-6-8-22/h4-8,21,23H,9-20H2,1-3H3. The van der Waals surface area contributed by atoms with Crippen LogP contribution in [-0.2, 0) is 16.0 Å². The summed E-state index contributed by atoms with van der Waals surface area (Å²) in [7, 11) is 0. The lowest BCUT2D eigenvalue weighted by Gasteiger charge is -2.34. The Balaban J connectivity index is 1.23. The highest BCUT2D eigenvalue weighted by Crippen LogP contribution is 2.23. The van der Waals surface area contributed by atoms with Crippen molar-refractivity contribution in [1.29, 1.82) is 0 Å². The van der Waals surface area contributed by atoms with Crippen LogP contribution < -0.4 is 0 Å². The van der Waals surface area contributed by atoms with Crippen LogP contribution in [0.4, 0.5) is 4.79 Å². The van der Waals surface area contributed by atoms with Gasteiger partial charge in [0.25, 0.3) is 0 Å². The summed E-state index contributed by atoms with van der Waals surface area (Å²) >= 11 is 0. The maximum Gasteiger partial charge on any atom is 0.410 e. The molecule has 1 aromatic rings. The molecule has 0 aromatic heterocycles. The first kappa shape index (κ1) is 23.1. The number of hydrogen-bond donors (Lipinski definition) is 0. The van der Waals surface area contributed by atoms with Gasteiger partial charge in [-0.1, -0.05) is 30.3 Å². The minimum Gasteiger partial charge on any atom is -0.444 e. The first-order valence-electron chi connectivity index (χ1n) is 11.7. The van der Waals surface area contributed by atoms with E-state index in [-0.39, 0.29) is 6.09 Å². The highest BCUT2D eigenvalue weighted by molar-refractivity contribution is 5.68. The molecule has 30 heavy (non-hydrogen) atoms. The van der Waals surface area contributed by atoms with E-state index in [0.717, 1.165) is 52.1 Å². The zero-order valence-corrected chi connectivity index (χ0v) is 19.1. The molecule has 0 bridgehead atoms. The average molecular weight is 417 g/mol. The van der Waals surface area contributed by atoms with Crippen LogP contribution in [0.25, 0.3) is 0 Å². The van der Waals surface area contributed by atoms with Crippen LogP contribution in [-0.4, -0.2) is 60.9 Å². The van der Waals surface area contributed by atoms with Crippen LogP contribution >= 0.6 is 0 Å². The smallest absolute Gasteiger partial charge is 0.410 e. The van der Waals surface area contributed by atoms with E-state index in [1.807, 2.05) is 25.7 Å². The van der Waals surface area contributed by atoms with Gasteiger partial charge < -0.3 is 14.4 Å². The predicted molar refractivity (Wildman–Crippen MR) is 120 cm³/mol. The fourth-order valence-corrected chi connectivity index (χ4v) is 4.38. The Morgan fingerprint density at radius 3 is 2.23 bits per heavy atom. The Morgan fingerprint density at radius 1 is 0.967 bits per heavy atom. The zero-order valence-electron chi connectivity index (χ0n) is 19.1. The Morgan fingerprint density at radius 2 is 1.60 bits per heavy atom. The maximum atomic E-state index is 12.2. The molecular formula is C25H40N2O3. The lowest BCUT2D eigenvalue weighted by Crippen LogP contribution is -2.41. The fourth-order valence-electron chi connectivity index (χ4n) is 4.38. The minimum atomic E-state index is -0.417. The van der Waals surface area contributed by atoms with Gasteiger partial charge >= 0.3 is 6.09 Å². The second-order valence-electron chi connectivity index (χ2n) is 9.98. The molecule has 5 heteroatoms. The van der Waals surface area contributed by atoms with Gasteiger partial charge in [0.05, 0.1) is 0 Å². The van der Waals surface area contributed by atoms with Crippen LogP contribution in [0.15, 0.2) is 30.3 Å². The van der Waals surface area contributed by atoms with Crippen LogP contribution in [0, 0.1) is 11.8 Å². The number of carbonyl (C=O) groups is 1. The van der Waals surface area contributed by atoms with Gasteiger partial charge in [-0.15, -0.1) is 0 Å². The number of carbonyl (C=O) groups excluding carboxylic acids is 1. The molecule has 0 N–H and O–H groups in total. The number of nitrogens with zero attached hydrogens (tertiary/aromatic N) is 2. The van der Waals surface area contributed by atoms with Gasteiger partial charge in [-0.3, -0.25) is 4.90 Å². The van der Waals surface area contributed by atoms with Gasteiger partial charge in [0.2, 0.25) is 0 Å². The van der Waals surface area contributed by atoms with Crippen molar-refractivity contribution < 1.29 is 14.3 Å². The Labute approximate surface area is 182 Å². The second-order valence-corrected chi connectivity index (χ2v) is 9.98. The molecule has 1 amide bonds. The van der Waals surface area contributed by atoms with Gasteiger partial charge in [-0.25, -0.2) is 4.79 Å². The molecule has 2 aliphatic rings. The summed E-state index contributed by atoms with van der Waals surface area (Å²) in [6, 6.07) is 10.8. The third kappa shape index (κ3) is 7.92. The van der Waals surface area contributed by atoms with Gasteiger partial charge in [0, 0.05) is 32.8 Å². The van der Waals surface area contributed by atoms with E-state index in [1.54, 1.807) is 0 Å². The van der Waals surface area contributed by atoms with Gasteiger partial charge in [-0.2, -0.15) is 0 Å². The Kier molecular flexibility index (Phi) is 8.58. The SMILES string of the molecule is CC(C)(C)OC(=O)N1CCC(CCOCC2CCN(Cc3ccccc3)CC2)CC1. The Bertz CT molecular complexity index is 628. The van der Waals surface area contributed by atoms with E-state index in [0.29, 0.717) is 11.8 Å². The summed E-state index contributed by atoms with van der Waals surface area (Å²) in [5.41, 5.74) is 0.990. The summed E-state index contributed by atoms with van der Waals surface area (Å²) in [5, 5.41) is 0. The number of piperidine rings is 2. The summed E-state index contributed by atoms with van der Waals surface area (Å²) in [5.74, 6) is 1.36. The van der Waals surface area contributed by atoms with Crippen molar-refractivity contribution in [3.05, 3.63) is 35.9 Å². The van der Waals surface area contributed by atoms with Gasteiger partial charge in [0.15, 0.2) is 0 Å². The predicted octanol–water partition coefficient (Wildman–Crippen LogP) is 4.95. The van der Waals surface area contributed by atoms with E-state index >= 15 is 0 Å². The molecule has 2 saturated heterocycles. The van der Waals surface area contributed by atoms with Crippen LogP contribution in [0.5, 0.6) is 0 Å². The Hall–Kier alpha value is -1.59. The molecule has 0 atom stereocenters. The molecule has 2 aliphatic heterocycles. The molecule has 0 aliphatic carbocycles. The summed E-state index contributed by atoms with van der Waals surface area (Å²) in [6.07, 6.45) is 5.52. The van der Waals surface area contributed by atoms with Crippen LogP contribution in [0.2, 0.25) is 0 Å². The third-order valence-corrected chi connectivity index (χ3v) is 6.25. The first-order valence-corrected chi connectivity index (χ1v) is 11.7. The number of hydrogen-bond acceptors (Lipinski definition) is 4. The van der Waals surface area contributed by atoms with E-state index in [9.17, 15) is 4.79 Å². The summed E-state index contributed by atoms with van der Waals surface area (Å²) < 4.78 is 11.5. The fraction of sp³-hybridized carbons (Fsp3) is 0.720. The first-order chi connectivity index (χ1) is 14.4. The molecule has 3 rings (SSSR count). The number of amides is 1. The topological polar surface area (TPSA) is 42.0 Å². The number of rotatable bonds is 7. The van der Waals surface area contributed by atoms with Gasteiger partial charge in [-0.05, 0) is 83.4 Å². The van der Waals surface area contributed by atoms with Gasteiger partial charge in [0.1, 0.15) is 5.60 Å². The number of likely N-dealkylation sites (tertiary alicyclic amines) is 2. The largest absolute Gasteiger partial charge is 0.444 e. The molecule has 0 saturated carbocycles. The molecule has 168 valence electrons. The van der Waals surface area contributed by atoms with Crippen molar-refractivity contribution in [1.82, 2.24) is 9.80 Å². The molecule has 2 fully saturated rings. The quantitative estimate of drug-likeness (QED) is 0.590. The maximum absolute atomic E-state index is 12.2. The highest BCUT2D eigenvalue weighted by atomic mass is 16.6. The lowest BCUT2D eigenvalue weighted by atomic mass is 9.94. The molecular weight excluding hydrogens is 376 g/mol. The molecule has 5 nitrogen and oxygen atoms in total. The number of benzene rings is 1. The van der Waals surface area contributed by atoms with E-state index in [1.165, 1.54) is 31.5 Å². The summed E-state index contributed by atoms with van der Waals surface area (Å²) in [4.78, 5) is 16.6. The van der Waals surface area contributed by atoms with Crippen molar-refractivity contribution >= 4 is 6.09 Å². The van der Waals surface area contributed by atoms with Crippen molar-refractivity contribution in [3.8, 4) is 0 Å². The lowest BCUT2D eigenvalue weighted by molar-refractivity contribution is 0.0154. The zero-order chi connectivity index (χ0) is 21.4. The average Bonchev–Trinajstić information content (AvgIpc) is 2.72. The van der Waals surface area contributed by atoms with E-state index in [4.69, 9.17) is 9.47 Å².